The molecule has 4 N–H and O–H groups in total. The third-order valence-corrected chi connectivity index (χ3v) is 4.71. The van der Waals surface area contributed by atoms with Gasteiger partial charge in [0.15, 0.2) is 0 Å². The molecule has 0 unspecified atom stereocenters. The first-order valence-corrected chi connectivity index (χ1v) is 8.65. The van der Waals surface area contributed by atoms with Crippen LogP contribution in [-0.2, 0) is 0 Å². The summed E-state index contributed by atoms with van der Waals surface area (Å²) in [5.74, 6) is 0.0790. The van der Waals surface area contributed by atoms with E-state index in [1.54, 1.807) is 31.3 Å². The highest BCUT2D eigenvalue weighted by molar-refractivity contribution is 5.94. The van der Waals surface area contributed by atoms with E-state index in [0.29, 0.717) is 23.8 Å². The molecule has 1 aliphatic heterocycles. The number of anilines is 1. The zero-order valence-corrected chi connectivity index (χ0v) is 15.4. The number of likely N-dealkylation sites (tertiary alicyclic amines) is 1. The summed E-state index contributed by atoms with van der Waals surface area (Å²) in [6.07, 6.45) is 3.81. The van der Waals surface area contributed by atoms with Gasteiger partial charge >= 0.3 is 0 Å². The van der Waals surface area contributed by atoms with E-state index in [4.69, 9.17) is 11.5 Å². The Balaban J connectivity index is 1.87. The van der Waals surface area contributed by atoms with E-state index in [1.165, 1.54) is 0 Å². The number of carbonyl (C=O) groups excluding carboxylic acids is 1. The molecule has 0 aromatic heterocycles. The molecule has 0 bridgehead atoms. The third-order valence-electron chi connectivity index (χ3n) is 4.71. The van der Waals surface area contributed by atoms with Gasteiger partial charge in [-0.15, -0.1) is 0 Å². The smallest absolute Gasteiger partial charge is 0.253 e. The maximum atomic E-state index is 12.5. The van der Waals surface area contributed by atoms with Crippen molar-refractivity contribution in [3.8, 4) is 0 Å². The van der Waals surface area contributed by atoms with E-state index >= 15 is 0 Å². The number of aliphatic imine (C=N–C) groups is 1. The van der Waals surface area contributed by atoms with E-state index in [9.17, 15) is 4.79 Å². The van der Waals surface area contributed by atoms with Gasteiger partial charge < -0.3 is 16.4 Å². The van der Waals surface area contributed by atoms with Crippen LogP contribution in [0.1, 0.15) is 30.1 Å². The first kappa shape index (κ1) is 19.0. The van der Waals surface area contributed by atoms with Crippen molar-refractivity contribution in [3.05, 3.63) is 41.6 Å². The molecule has 1 saturated heterocycles. The SMILES string of the molecule is CN=C(C)C=C(N)CN(C)C1CCN(C(=O)c2ccc(N)cc2)CC1. The molecule has 0 saturated carbocycles. The summed E-state index contributed by atoms with van der Waals surface area (Å²) in [6, 6.07) is 7.55. The highest BCUT2D eigenvalue weighted by atomic mass is 16.2. The lowest BCUT2D eigenvalue weighted by Gasteiger charge is -2.37. The van der Waals surface area contributed by atoms with E-state index in [0.717, 1.165) is 37.3 Å². The average Bonchev–Trinajstić information content (AvgIpc) is 2.61. The fourth-order valence-corrected chi connectivity index (χ4v) is 3.11. The molecule has 1 aliphatic rings. The maximum Gasteiger partial charge on any atom is 0.253 e. The van der Waals surface area contributed by atoms with E-state index < -0.39 is 0 Å². The number of nitrogen functional groups attached to an aromatic ring is 1. The van der Waals surface area contributed by atoms with Crippen LogP contribution in [0, 0.1) is 0 Å². The van der Waals surface area contributed by atoms with Gasteiger partial charge in [0.25, 0.3) is 5.91 Å². The molecule has 25 heavy (non-hydrogen) atoms. The van der Waals surface area contributed by atoms with Crippen molar-refractivity contribution in [2.75, 3.05) is 39.5 Å². The molecule has 1 fully saturated rings. The number of carbonyl (C=O) groups is 1. The van der Waals surface area contributed by atoms with Crippen molar-refractivity contribution >= 4 is 17.3 Å². The zero-order valence-electron chi connectivity index (χ0n) is 15.4. The van der Waals surface area contributed by atoms with Crippen molar-refractivity contribution in [2.24, 2.45) is 10.7 Å². The average molecular weight is 343 g/mol. The lowest BCUT2D eigenvalue weighted by molar-refractivity contribution is 0.0652. The number of nitrogens with two attached hydrogens (primary N) is 2. The van der Waals surface area contributed by atoms with Crippen molar-refractivity contribution in [2.45, 2.75) is 25.8 Å². The molecule has 1 amide bonds. The fraction of sp³-hybridized carbons (Fsp3) is 0.474. The second-order valence-corrected chi connectivity index (χ2v) is 6.64. The number of hydrogen-bond donors (Lipinski definition) is 2. The number of likely N-dealkylation sites (N-methyl/N-ethyl adjacent to an activating group) is 1. The van der Waals surface area contributed by atoms with Crippen LogP contribution in [0.4, 0.5) is 5.69 Å². The van der Waals surface area contributed by atoms with Crippen LogP contribution >= 0.6 is 0 Å². The first-order valence-electron chi connectivity index (χ1n) is 8.65. The van der Waals surface area contributed by atoms with Crippen LogP contribution in [0.5, 0.6) is 0 Å². The fourth-order valence-electron chi connectivity index (χ4n) is 3.11. The minimum atomic E-state index is 0.0790. The lowest BCUT2D eigenvalue weighted by atomic mass is 10.0. The van der Waals surface area contributed by atoms with Crippen molar-refractivity contribution in [1.82, 2.24) is 9.80 Å². The Labute approximate surface area is 150 Å². The minimum absolute atomic E-state index is 0.0790. The van der Waals surface area contributed by atoms with Gasteiger partial charge in [-0.3, -0.25) is 14.7 Å². The summed E-state index contributed by atoms with van der Waals surface area (Å²) < 4.78 is 0. The summed E-state index contributed by atoms with van der Waals surface area (Å²) in [5.41, 5.74) is 14.9. The molecule has 6 heteroatoms. The topological polar surface area (TPSA) is 88.0 Å². The molecular weight excluding hydrogens is 314 g/mol. The number of allylic oxidation sites excluding steroid dienone is 1. The number of rotatable bonds is 5. The van der Waals surface area contributed by atoms with Gasteiger partial charge in [0.2, 0.25) is 0 Å². The van der Waals surface area contributed by atoms with E-state index in [2.05, 4.69) is 16.9 Å². The van der Waals surface area contributed by atoms with Crippen LogP contribution in [0.2, 0.25) is 0 Å². The summed E-state index contributed by atoms with van der Waals surface area (Å²) >= 11 is 0. The van der Waals surface area contributed by atoms with Crippen LogP contribution < -0.4 is 11.5 Å². The Kier molecular flexibility index (Phi) is 6.58. The number of hydrogen-bond acceptors (Lipinski definition) is 5. The molecule has 0 aliphatic carbocycles. The van der Waals surface area contributed by atoms with E-state index in [-0.39, 0.29) is 5.91 Å². The third kappa shape index (κ3) is 5.32. The van der Waals surface area contributed by atoms with Crippen LogP contribution in [0.3, 0.4) is 0 Å². The molecule has 1 aromatic rings. The minimum Gasteiger partial charge on any atom is -0.401 e. The maximum absolute atomic E-state index is 12.5. The second-order valence-electron chi connectivity index (χ2n) is 6.64. The van der Waals surface area contributed by atoms with Crippen LogP contribution in [0.25, 0.3) is 0 Å². The number of piperidine rings is 1. The van der Waals surface area contributed by atoms with Gasteiger partial charge in [-0.25, -0.2) is 0 Å². The normalized spacial score (nSPS) is 17.2. The zero-order chi connectivity index (χ0) is 18.4. The number of amides is 1. The van der Waals surface area contributed by atoms with Crippen LogP contribution in [0.15, 0.2) is 41.0 Å². The van der Waals surface area contributed by atoms with Gasteiger partial charge in [-0.1, -0.05) is 0 Å². The summed E-state index contributed by atoms with van der Waals surface area (Å²) in [6.45, 7) is 4.17. The van der Waals surface area contributed by atoms with Gasteiger partial charge in [-0.05, 0) is 57.2 Å². The van der Waals surface area contributed by atoms with Crippen molar-refractivity contribution in [3.63, 3.8) is 0 Å². The Morgan fingerprint density at radius 1 is 1.32 bits per heavy atom. The van der Waals surface area contributed by atoms with Crippen molar-refractivity contribution < 1.29 is 4.79 Å². The highest BCUT2D eigenvalue weighted by Gasteiger charge is 2.25. The molecule has 2 rings (SSSR count). The monoisotopic (exact) mass is 343 g/mol. The Bertz CT molecular complexity index is 642. The molecule has 0 spiro atoms. The standard InChI is InChI=1S/C19H29N5O/c1-14(22-2)12-17(21)13-23(3)18-8-10-24(11-9-18)19(25)15-4-6-16(20)7-5-15/h4-7,12,18H,8-11,13,20-21H2,1-3H3. The molecule has 6 nitrogen and oxygen atoms in total. The summed E-state index contributed by atoms with van der Waals surface area (Å²) in [5, 5.41) is 0. The van der Waals surface area contributed by atoms with Gasteiger partial charge in [0.05, 0.1) is 0 Å². The molecule has 0 radical (unpaired) electrons. The predicted molar refractivity (Wildman–Crippen MR) is 104 cm³/mol. The Morgan fingerprint density at radius 2 is 1.92 bits per heavy atom. The molecule has 0 atom stereocenters. The van der Waals surface area contributed by atoms with Gasteiger partial charge in [0.1, 0.15) is 0 Å². The van der Waals surface area contributed by atoms with E-state index in [1.807, 2.05) is 17.9 Å². The van der Waals surface area contributed by atoms with Crippen molar-refractivity contribution in [1.29, 1.82) is 0 Å². The first-order chi connectivity index (χ1) is 11.9. The van der Waals surface area contributed by atoms with Gasteiger partial charge in [0, 0.05) is 55.4 Å². The predicted octanol–water partition coefficient (Wildman–Crippen LogP) is 1.74. The quantitative estimate of drug-likeness (QED) is 0.630. The molecule has 1 aromatic carbocycles. The summed E-state index contributed by atoms with van der Waals surface area (Å²) in [4.78, 5) is 20.8. The molecular formula is C19H29N5O. The lowest BCUT2D eigenvalue weighted by Crippen LogP contribution is -2.46. The number of benzene rings is 1. The highest BCUT2D eigenvalue weighted by Crippen LogP contribution is 2.18. The number of nitrogens with zero attached hydrogens (tertiary/aromatic N) is 3. The second kappa shape index (κ2) is 8.67. The van der Waals surface area contributed by atoms with Crippen LogP contribution in [-0.4, -0.2) is 61.2 Å². The Hall–Kier alpha value is -2.34. The molecule has 1 heterocycles. The largest absolute Gasteiger partial charge is 0.401 e. The molecule has 136 valence electrons. The van der Waals surface area contributed by atoms with Gasteiger partial charge in [-0.2, -0.15) is 0 Å². The summed E-state index contributed by atoms with van der Waals surface area (Å²) in [7, 11) is 3.85. The Morgan fingerprint density at radius 3 is 2.48 bits per heavy atom.